The van der Waals surface area contributed by atoms with Gasteiger partial charge in [-0.3, -0.25) is 9.59 Å². The highest BCUT2D eigenvalue weighted by molar-refractivity contribution is 6.53. The zero-order valence-corrected chi connectivity index (χ0v) is 20.9. The average Bonchev–Trinajstić information content (AvgIpc) is 3.34. The number of aryl methyl sites for hydroxylation is 4. The minimum absolute atomic E-state index is 0.00552. The molecular formula is C29H25FN4O3. The van der Waals surface area contributed by atoms with E-state index in [0.29, 0.717) is 23.5 Å². The van der Waals surface area contributed by atoms with Crippen molar-refractivity contribution in [1.82, 2.24) is 9.78 Å². The summed E-state index contributed by atoms with van der Waals surface area (Å²) < 4.78 is 16.3. The number of rotatable bonds is 5. The number of anilines is 1. The van der Waals surface area contributed by atoms with Gasteiger partial charge in [0.15, 0.2) is 12.4 Å². The predicted octanol–water partition coefficient (Wildman–Crippen LogP) is 3.80. The Kier molecular flexibility index (Phi) is 5.95. The molecule has 0 atom stereocenters. The van der Waals surface area contributed by atoms with Gasteiger partial charge in [-0.15, -0.1) is 0 Å². The van der Waals surface area contributed by atoms with Gasteiger partial charge in [-0.2, -0.15) is 9.67 Å². The first-order valence-corrected chi connectivity index (χ1v) is 11.9. The van der Waals surface area contributed by atoms with E-state index in [9.17, 15) is 19.1 Å². The van der Waals surface area contributed by atoms with Crippen LogP contribution in [0.4, 0.5) is 10.1 Å². The molecule has 2 aromatic carbocycles. The van der Waals surface area contributed by atoms with Crippen LogP contribution < -0.4 is 14.6 Å². The first kappa shape index (κ1) is 24.1. The number of carbonyl (C=O) groups excluding carboxylic acids is 2. The Morgan fingerprint density at radius 1 is 0.892 bits per heavy atom. The van der Waals surface area contributed by atoms with Gasteiger partial charge < -0.3 is 5.11 Å². The van der Waals surface area contributed by atoms with Crippen LogP contribution in [0.1, 0.15) is 34.9 Å². The highest BCUT2D eigenvalue weighted by Gasteiger charge is 2.47. The molecule has 186 valence electrons. The molecule has 7 nitrogen and oxygen atoms in total. The van der Waals surface area contributed by atoms with Gasteiger partial charge in [0.1, 0.15) is 11.4 Å². The van der Waals surface area contributed by atoms with E-state index >= 15 is 0 Å². The van der Waals surface area contributed by atoms with Crippen LogP contribution in [0.5, 0.6) is 5.88 Å². The van der Waals surface area contributed by atoms with Crippen molar-refractivity contribution in [2.75, 3.05) is 4.90 Å². The minimum atomic E-state index is -0.597. The molecule has 0 radical (unpaired) electrons. The van der Waals surface area contributed by atoms with Crippen molar-refractivity contribution in [3.05, 3.63) is 101 Å². The van der Waals surface area contributed by atoms with Crippen LogP contribution in [0.25, 0.3) is 17.0 Å². The lowest BCUT2D eigenvalue weighted by Crippen LogP contribution is -2.40. The molecule has 0 saturated carbocycles. The van der Waals surface area contributed by atoms with Crippen LogP contribution in [0.15, 0.2) is 67.0 Å². The van der Waals surface area contributed by atoms with Gasteiger partial charge in [-0.25, -0.2) is 14.0 Å². The van der Waals surface area contributed by atoms with E-state index in [0.717, 1.165) is 26.3 Å². The second-order valence-electron chi connectivity index (χ2n) is 9.09. The minimum Gasteiger partial charge on any atom is -0.858 e. The fraction of sp³-hybridized carbons (Fsp3) is 0.172. The predicted molar refractivity (Wildman–Crippen MR) is 135 cm³/mol. The Bertz CT molecular complexity index is 1580. The highest BCUT2D eigenvalue weighted by atomic mass is 19.1. The van der Waals surface area contributed by atoms with Crippen LogP contribution in [0.2, 0.25) is 0 Å². The Labute approximate surface area is 213 Å². The largest absolute Gasteiger partial charge is 0.858 e. The van der Waals surface area contributed by atoms with Gasteiger partial charge in [0.2, 0.25) is 0 Å². The molecule has 5 rings (SSSR count). The standard InChI is InChI=1S/C29H25FN4O3/c1-5-23-24(28(36)34(31-23)22-12-8-20(30)9-13-22)25-26(32-15-14-18(3)19(4)16-32)29(37)33(27(25)35)21-10-6-17(2)7-11-21/h6-16H,5H2,1-4H3. The van der Waals surface area contributed by atoms with Crippen molar-refractivity contribution in [3.8, 4) is 11.6 Å². The second-order valence-corrected chi connectivity index (χ2v) is 9.09. The monoisotopic (exact) mass is 496 g/mol. The van der Waals surface area contributed by atoms with Gasteiger partial charge in [0, 0.05) is 17.2 Å². The first-order valence-electron chi connectivity index (χ1n) is 11.9. The molecule has 8 heteroatoms. The molecule has 1 aliphatic heterocycles. The maximum atomic E-state index is 14.0. The number of pyridine rings is 1. The van der Waals surface area contributed by atoms with Crippen molar-refractivity contribution in [3.63, 3.8) is 0 Å². The summed E-state index contributed by atoms with van der Waals surface area (Å²) in [6.07, 6.45) is 3.83. The Hall–Kier alpha value is -4.59. The number of nitrogens with zero attached hydrogens (tertiary/aromatic N) is 4. The zero-order valence-electron chi connectivity index (χ0n) is 20.9. The summed E-state index contributed by atoms with van der Waals surface area (Å²) in [5.41, 5.74) is 4.22. The summed E-state index contributed by atoms with van der Waals surface area (Å²) in [5.74, 6) is -2.12. The van der Waals surface area contributed by atoms with Gasteiger partial charge in [0.25, 0.3) is 11.6 Å². The number of amides is 2. The van der Waals surface area contributed by atoms with Crippen molar-refractivity contribution >= 4 is 28.8 Å². The number of hydrogen-bond donors (Lipinski definition) is 0. The Balaban J connectivity index is 1.77. The van der Waals surface area contributed by atoms with Crippen LogP contribution in [-0.2, 0) is 16.0 Å². The average molecular weight is 497 g/mol. The number of benzene rings is 2. The molecule has 37 heavy (non-hydrogen) atoms. The summed E-state index contributed by atoms with van der Waals surface area (Å²) in [5, 5.41) is 18.2. The molecule has 3 heterocycles. The van der Waals surface area contributed by atoms with Crippen molar-refractivity contribution in [2.45, 2.75) is 34.1 Å². The zero-order chi connectivity index (χ0) is 26.4. The molecule has 0 N–H and O–H groups in total. The molecule has 0 aliphatic carbocycles. The van der Waals surface area contributed by atoms with Crippen molar-refractivity contribution in [1.29, 1.82) is 0 Å². The van der Waals surface area contributed by atoms with E-state index in [1.807, 2.05) is 45.9 Å². The van der Waals surface area contributed by atoms with E-state index in [1.54, 1.807) is 29.1 Å². The third-order valence-corrected chi connectivity index (χ3v) is 6.62. The summed E-state index contributed by atoms with van der Waals surface area (Å²) >= 11 is 0. The molecule has 4 aromatic rings. The molecule has 0 spiro atoms. The fourth-order valence-electron chi connectivity index (χ4n) is 4.43. The number of aromatic nitrogens is 3. The third-order valence-electron chi connectivity index (χ3n) is 6.62. The summed E-state index contributed by atoms with van der Waals surface area (Å²) in [6, 6.07) is 14.3. The summed E-state index contributed by atoms with van der Waals surface area (Å²) in [6.45, 7) is 7.60. The summed E-state index contributed by atoms with van der Waals surface area (Å²) in [4.78, 5) is 28.9. The highest BCUT2D eigenvalue weighted by Crippen LogP contribution is 2.39. The molecule has 0 saturated heterocycles. The lowest BCUT2D eigenvalue weighted by Gasteiger charge is -2.16. The summed E-state index contributed by atoms with van der Waals surface area (Å²) in [7, 11) is 0. The lowest BCUT2D eigenvalue weighted by molar-refractivity contribution is -0.577. The first-order chi connectivity index (χ1) is 17.7. The van der Waals surface area contributed by atoms with Gasteiger partial charge in [0.05, 0.1) is 17.1 Å². The van der Waals surface area contributed by atoms with E-state index in [-0.39, 0.29) is 16.8 Å². The molecule has 2 amide bonds. The maximum Gasteiger partial charge on any atom is 0.331 e. The van der Waals surface area contributed by atoms with Crippen LogP contribution >= 0.6 is 0 Å². The Morgan fingerprint density at radius 3 is 2.16 bits per heavy atom. The van der Waals surface area contributed by atoms with E-state index in [1.165, 1.54) is 24.3 Å². The molecular weight excluding hydrogens is 471 g/mol. The SMILES string of the molecule is CCc1nn(-c2ccc(F)cc2)c([O-])c1C1=C([n+]2ccc(C)c(C)c2)C(=O)N(c2ccc(C)cc2)C1=O. The number of halogens is 1. The second kappa shape index (κ2) is 9.13. The van der Waals surface area contributed by atoms with Gasteiger partial charge in [-0.1, -0.05) is 24.6 Å². The number of hydrogen-bond acceptors (Lipinski definition) is 4. The molecule has 2 aromatic heterocycles. The number of imide groups is 1. The van der Waals surface area contributed by atoms with Crippen molar-refractivity contribution < 1.29 is 23.7 Å². The quantitative estimate of drug-likeness (QED) is 0.311. The lowest BCUT2D eigenvalue weighted by atomic mass is 10.0. The van der Waals surface area contributed by atoms with Gasteiger partial charge in [-0.05, 0) is 75.0 Å². The van der Waals surface area contributed by atoms with Gasteiger partial charge >= 0.3 is 5.91 Å². The molecule has 1 aliphatic rings. The normalized spacial score (nSPS) is 13.7. The molecule has 0 fully saturated rings. The van der Waals surface area contributed by atoms with Crippen LogP contribution in [0.3, 0.4) is 0 Å². The van der Waals surface area contributed by atoms with Crippen LogP contribution in [-0.4, -0.2) is 21.6 Å². The molecule has 0 bridgehead atoms. The molecule has 0 unspecified atom stereocenters. The van der Waals surface area contributed by atoms with Crippen molar-refractivity contribution in [2.24, 2.45) is 0 Å². The van der Waals surface area contributed by atoms with E-state index in [4.69, 9.17) is 0 Å². The number of carbonyl (C=O) groups is 2. The maximum absolute atomic E-state index is 14.0. The fourth-order valence-corrected chi connectivity index (χ4v) is 4.43. The van der Waals surface area contributed by atoms with Crippen LogP contribution in [0, 0.1) is 26.6 Å². The van der Waals surface area contributed by atoms with E-state index in [2.05, 4.69) is 5.10 Å². The topological polar surface area (TPSA) is 82.1 Å². The smallest absolute Gasteiger partial charge is 0.331 e. The third kappa shape index (κ3) is 4.00. The van der Waals surface area contributed by atoms with E-state index < -0.39 is 23.5 Å². The Morgan fingerprint density at radius 2 is 1.54 bits per heavy atom.